The lowest BCUT2D eigenvalue weighted by atomic mass is 9.75. The molecule has 0 aliphatic carbocycles. The van der Waals surface area contributed by atoms with Crippen LogP contribution in [0, 0.1) is 11.8 Å². The minimum absolute atomic E-state index is 0.0277. The van der Waals surface area contributed by atoms with Crippen molar-refractivity contribution in [2.75, 3.05) is 21.3 Å². The van der Waals surface area contributed by atoms with Gasteiger partial charge in [-0.3, -0.25) is 0 Å². The number of hydrogen-bond acceptors (Lipinski definition) is 6. The van der Waals surface area contributed by atoms with Crippen LogP contribution in [0.4, 0.5) is 0 Å². The summed E-state index contributed by atoms with van der Waals surface area (Å²) in [6.45, 7) is 2.82. The van der Waals surface area contributed by atoms with E-state index in [9.17, 15) is 4.79 Å². The first-order chi connectivity index (χ1) is 14.5. The molecule has 0 unspecified atom stereocenters. The van der Waals surface area contributed by atoms with Gasteiger partial charge in [-0.2, -0.15) is 0 Å². The Kier molecular flexibility index (Phi) is 4.34. The molecule has 0 radical (unpaired) electrons. The van der Waals surface area contributed by atoms with E-state index in [1.807, 2.05) is 12.1 Å². The minimum Gasteiger partial charge on any atom is -0.497 e. The lowest BCUT2D eigenvalue weighted by Crippen LogP contribution is -2.42. The number of rotatable bonds is 3. The van der Waals surface area contributed by atoms with Crippen molar-refractivity contribution in [1.82, 2.24) is 9.55 Å². The van der Waals surface area contributed by atoms with Crippen LogP contribution < -0.4 is 9.47 Å². The zero-order chi connectivity index (χ0) is 21.0. The molecule has 0 bridgehead atoms. The molecule has 1 aromatic rings. The van der Waals surface area contributed by atoms with Crippen LogP contribution in [0.15, 0.2) is 36.2 Å². The lowest BCUT2D eigenvalue weighted by molar-refractivity contribution is -0.138. The maximum atomic E-state index is 12.4. The van der Waals surface area contributed by atoms with Crippen molar-refractivity contribution in [2.24, 2.45) is 11.8 Å². The van der Waals surface area contributed by atoms with Crippen LogP contribution >= 0.6 is 0 Å². The number of pyridine rings is 1. The molecule has 0 fully saturated rings. The molecule has 3 atom stereocenters. The summed E-state index contributed by atoms with van der Waals surface area (Å²) in [7, 11) is 4.66. The van der Waals surface area contributed by atoms with Crippen LogP contribution in [0.2, 0.25) is 0 Å². The molecule has 7 nitrogen and oxygen atoms in total. The normalized spacial score (nSPS) is 22.7. The van der Waals surface area contributed by atoms with Gasteiger partial charge in [-0.25, -0.2) is 9.78 Å². The van der Waals surface area contributed by atoms with E-state index in [0.29, 0.717) is 23.5 Å². The number of carbonyl (C=O) groups is 1. The Balaban J connectivity index is 1.65. The first kappa shape index (κ1) is 18.8. The van der Waals surface area contributed by atoms with Crippen molar-refractivity contribution >= 4 is 16.9 Å². The van der Waals surface area contributed by atoms with E-state index in [0.717, 1.165) is 34.4 Å². The first-order valence-electron chi connectivity index (χ1n) is 10.0. The summed E-state index contributed by atoms with van der Waals surface area (Å²) in [6.07, 6.45) is 4.42. The Morgan fingerprint density at radius 2 is 1.97 bits per heavy atom. The fourth-order valence-corrected chi connectivity index (χ4v) is 4.87. The van der Waals surface area contributed by atoms with Crippen molar-refractivity contribution in [2.45, 2.75) is 26.0 Å². The first-order valence-corrected chi connectivity index (χ1v) is 10.0. The highest BCUT2D eigenvalue weighted by molar-refractivity contribution is 5.99. The molecule has 4 heterocycles. The average Bonchev–Trinajstić information content (AvgIpc) is 3.14. The standard InChI is InChI=1S/C23H24N2O5/c1-12-16-10-25-6-5-13-15-8-20(27-2)21(28-3)9-18(15)24-22(13)19(25)7-14(16)17(11-30-12)23(26)29-4/h5-6,8-9,11-12,14,16H,7,10H2,1-4H3/t12-,14-,16-/m0/s1. The Labute approximate surface area is 174 Å². The van der Waals surface area contributed by atoms with Crippen LogP contribution in [0.1, 0.15) is 12.6 Å². The second-order valence-corrected chi connectivity index (χ2v) is 7.89. The number of hydrogen-bond donors (Lipinski definition) is 0. The van der Waals surface area contributed by atoms with Gasteiger partial charge in [0.2, 0.25) is 0 Å². The molecule has 0 spiro atoms. The Hall–Kier alpha value is -3.22. The quantitative estimate of drug-likeness (QED) is 0.619. The van der Waals surface area contributed by atoms with Gasteiger partial charge in [0.05, 0.1) is 44.4 Å². The molecule has 7 heteroatoms. The third kappa shape index (κ3) is 2.65. The van der Waals surface area contributed by atoms with Crippen molar-refractivity contribution < 1.29 is 23.7 Å². The largest absolute Gasteiger partial charge is 0.497 e. The summed E-state index contributed by atoms with van der Waals surface area (Å²) in [5.41, 5.74) is 4.60. The molecular formula is C23H24N2O5. The second-order valence-electron chi connectivity index (χ2n) is 7.89. The summed E-state index contributed by atoms with van der Waals surface area (Å²) < 4.78 is 23.9. The summed E-state index contributed by atoms with van der Waals surface area (Å²) >= 11 is 0. The summed E-state index contributed by atoms with van der Waals surface area (Å²) in [6, 6.07) is 5.99. The smallest absolute Gasteiger partial charge is 0.337 e. The molecule has 0 N–H and O–H groups in total. The van der Waals surface area contributed by atoms with E-state index < -0.39 is 0 Å². The summed E-state index contributed by atoms with van der Waals surface area (Å²) in [5, 5.41) is 1.03. The molecule has 0 saturated heterocycles. The number of nitrogens with zero attached hydrogens (tertiary/aromatic N) is 2. The van der Waals surface area contributed by atoms with E-state index in [1.165, 1.54) is 7.11 Å². The molecule has 4 aliphatic rings. The zero-order valence-electron chi connectivity index (χ0n) is 17.5. The van der Waals surface area contributed by atoms with Gasteiger partial charge in [-0.05, 0) is 25.5 Å². The van der Waals surface area contributed by atoms with Gasteiger partial charge < -0.3 is 23.5 Å². The van der Waals surface area contributed by atoms with Gasteiger partial charge in [-0.15, -0.1) is 0 Å². The summed E-state index contributed by atoms with van der Waals surface area (Å²) in [5.74, 6) is 1.24. The monoisotopic (exact) mass is 408 g/mol. The molecule has 1 aromatic carbocycles. The van der Waals surface area contributed by atoms with Gasteiger partial charge in [0.15, 0.2) is 11.5 Å². The molecule has 0 aromatic heterocycles. The minimum atomic E-state index is -0.326. The third-order valence-electron chi connectivity index (χ3n) is 6.49. The predicted octanol–water partition coefficient (Wildman–Crippen LogP) is 3.42. The SMILES string of the molecule is COC(=O)C1=CO[C@@H](C)[C@@H]2Cn3ccc4c5cc(OC)c(OC)cc5nc-4c3C[C@H]12. The molecule has 4 aliphatic heterocycles. The van der Waals surface area contributed by atoms with Crippen LogP contribution in [0.25, 0.3) is 22.2 Å². The fraction of sp³-hybridized carbons (Fsp3) is 0.391. The number of ether oxygens (including phenoxy) is 4. The molecule has 156 valence electrons. The number of esters is 1. The Morgan fingerprint density at radius 1 is 1.20 bits per heavy atom. The van der Waals surface area contributed by atoms with Crippen LogP contribution in [0.5, 0.6) is 11.5 Å². The number of methoxy groups -OCH3 is 3. The Morgan fingerprint density at radius 3 is 2.70 bits per heavy atom. The maximum absolute atomic E-state index is 12.4. The third-order valence-corrected chi connectivity index (χ3v) is 6.49. The highest BCUT2D eigenvalue weighted by Crippen LogP contribution is 2.44. The topological polar surface area (TPSA) is 71.8 Å². The van der Waals surface area contributed by atoms with Gasteiger partial charge >= 0.3 is 5.97 Å². The van der Waals surface area contributed by atoms with Crippen molar-refractivity contribution in [1.29, 1.82) is 0 Å². The number of benzene rings is 1. The van der Waals surface area contributed by atoms with Gasteiger partial charge in [0.25, 0.3) is 0 Å². The molecule has 5 rings (SSSR count). The predicted molar refractivity (Wildman–Crippen MR) is 111 cm³/mol. The van der Waals surface area contributed by atoms with E-state index in [4.69, 9.17) is 23.9 Å². The molecule has 30 heavy (non-hydrogen) atoms. The second kappa shape index (κ2) is 6.93. The molecule has 0 saturated carbocycles. The van der Waals surface area contributed by atoms with Crippen molar-refractivity contribution in [3.63, 3.8) is 0 Å². The van der Waals surface area contributed by atoms with Crippen LogP contribution in [-0.4, -0.2) is 43.0 Å². The highest BCUT2D eigenvalue weighted by atomic mass is 16.5. The number of aromatic nitrogens is 2. The van der Waals surface area contributed by atoms with E-state index >= 15 is 0 Å². The van der Waals surface area contributed by atoms with Crippen LogP contribution in [0.3, 0.4) is 0 Å². The van der Waals surface area contributed by atoms with E-state index in [-0.39, 0.29) is 23.9 Å². The van der Waals surface area contributed by atoms with Crippen molar-refractivity contribution in [3.8, 4) is 22.8 Å². The Bertz CT molecular complexity index is 1150. The van der Waals surface area contributed by atoms with Crippen molar-refractivity contribution in [3.05, 3.63) is 41.9 Å². The molecule has 0 amide bonds. The maximum Gasteiger partial charge on any atom is 0.337 e. The lowest BCUT2D eigenvalue weighted by Gasteiger charge is -2.41. The van der Waals surface area contributed by atoms with Gasteiger partial charge in [0.1, 0.15) is 6.10 Å². The number of carbonyl (C=O) groups excluding carboxylic acids is 1. The fourth-order valence-electron chi connectivity index (χ4n) is 4.87. The highest BCUT2D eigenvalue weighted by Gasteiger charge is 2.42. The number of fused-ring (bicyclic) bond motifs is 6. The summed E-state index contributed by atoms with van der Waals surface area (Å²) in [4.78, 5) is 17.3. The van der Waals surface area contributed by atoms with Gasteiger partial charge in [-0.1, -0.05) is 0 Å². The molecular weight excluding hydrogens is 384 g/mol. The van der Waals surface area contributed by atoms with Crippen LogP contribution in [-0.2, 0) is 27.2 Å². The average molecular weight is 408 g/mol. The zero-order valence-corrected chi connectivity index (χ0v) is 17.5. The van der Waals surface area contributed by atoms with Gasteiger partial charge in [0, 0.05) is 47.3 Å². The van der Waals surface area contributed by atoms with E-state index in [2.05, 4.69) is 23.8 Å². The van der Waals surface area contributed by atoms with E-state index in [1.54, 1.807) is 20.5 Å².